The van der Waals surface area contributed by atoms with Gasteiger partial charge in [0.2, 0.25) is 0 Å². The van der Waals surface area contributed by atoms with Crippen molar-refractivity contribution in [2.75, 3.05) is 18.0 Å². The van der Waals surface area contributed by atoms with Crippen molar-refractivity contribution in [3.63, 3.8) is 0 Å². The summed E-state index contributed by atoms with van der Waals surface area (Å²) in [6.45, 7) is 5.17. The molecule has 1 unspecified atom stereocenters. The summed E-state index contributed by atoms with van der Waals surface area (Å²) >= 11 is 1.54. The Balaban J connectivity index is 2.07. The Morgan fingerprint density at radius 2 is 1.96 bits per heavy atom. The molecule has 0 aliphatic carbocycles. The van der Waals surface area contributed by atoms with Gasteiger partial charge in [0.25, 0.3) is 0 Å². The molecule has 1 fully saturated rings. The zero-order valence-corrected chi connectivity index (χ0v) is 16.3. The van der Waals surface area contributed by atoms with Gasteiger partial charge < -0.3 is 10.0 Å². The van der Waals surface area contributed by atoms with E-state index in [0.29, 0.717) is 47.9 Å². The van der Waals surface area contributed by atoms with Crippen molar-refractivity contribution < 1.29 is 5.11 Å². The van der Waals surface area contributed by atoms with Crippen LogP contribution < -0.4 is 4.90 Å². The summed E-state index contributed by atoms with van der Waals surface area (Å²) in [6.07, 6.45) is 0.848. The maximum atomic E-state index is 9.91. The minimum Gasteiger partial charge on any atom is -0.391 e. The molecule has 27 heavy (non-hydrogen) atoms. The SMILES string of the molecule is CCc1c(C#N)c(SC(C)c2ccccc2)nc(N2CC[C@@H](O)C2)c1C#N. The summed E-state index contributed by atoms with van der Waals surface area (Å²) in [7, 11) is 0. The molecule has 1 saturated heterocycles. The molecule has 2 atom stereocenters. The average Bonchev–Trinajstić information content (AvgIpc) is 3.13. The Kier molecular flexibility index (Phi) is 6.01. The smallest absolute Gasteiger partial charge is 0.148 e. The Labute approximate surface area is 164 Å². The lowest BCUT2D eigenvalue weighted by Gasteiger charge is -2.22. The standard InChI is InChI=1S/C21H22N4OS/c1-3-17-18(11-22)20(25-10-9-16(26)13-25)24-21(19(17)12-23)27-14(2)15-7-5-4-6-8-15/h4-8,14,16,26H,3,9-10,13H2,1-2H3/t14?,16-/m1/s1. The molecule has 0 bridgehead atoms. The minimum absolute atomic E-state index is 0.125. The molecule has 0 saturated carbocycles. The average molecular weight is 379 g/mol. The van der Waals surface area contributed by atoms with Crippen LogP contribution in [0.1, 0.15) is 47.8 Å². The zero-order chi connectivity index (χ0) is 19.4. The molecular formula is C21H22N4OS. The first-order valence-electron chi connectivity index (χ1n) is 9.10. The molecule has 5 nitrogen and oxygen atoms in total. The Hall–Kier alpha value is -2.54. The van der Waals surface area contributed by atoms with Gasteiger partial charge in [0, 0.05) is 18.3 Å². The molecule has 0 radical (unpaired) electrons. The number of aromatic nitrogens is 1. The Bertz CT molecular complexity index is 901. The number of benzene rings is 1. The highest BCUT2D eigenvalue weighted by atomic mass is 32.2. The van der Waals surface area contributed by atoms with E-state index in [1.54, 1.807) is 0 Å². The van der Waals surface area contributed by atoms with E-state index in [0.717, 1.165) is 11.1 Å². The lowest BCUT2D eigenvalue weighted by Crippen LogP contribution is -2.24. The van der Waals surface area contributed by atoms with E-state index < -0.39 is 6.10 Å². The van der Waals surface area contributed by atoms with E-state index in [9.17, 15) is 15.6 Å². The molecule has 2 aromatic rings. The van der Waals surface area contributed by atoms with Crippen molar-refractivity contribution in [1.29, 1.82) is 10.5 Å². The third kappa shape index (κ3) is 3.93. The van der Waals surface area contributed by atoms with Gasteiger partial charge in [-0.15, -0.1) is 0 Å². The topological polar surface area (TPSA) is 83.9 Å². The first kappa shape index (κ1) is 19.2. The van der Waals surface area contributed by atoms with Gasteiger partial charge in [-0.05, 0) is 30.9 Å². The van der Waals surface area contributed by atoms with E-state index in [2.05, 4.69) is 31.2 Å². The van der Waals surface area contributed by atoms with E-state index >= 15 is 0 Å². The molecule has 6 heteroatoms. The molecule has 0 amide bonds. The zero-order valence-electron chi connectivity index (χ0n) is 15.5. The molecule has 1 aliphatic heterocycles. The molecule has 1 aromatic carbocycles. The molecule has 1 aliphatic rings. The van der Waals surface area contributed by atoms with Crippen LogP contribution >= 0.6 is 11.8 Å². The monoisotopic (exact) mass is 378 g/mol. The van der Waals surface area contributed by atoms with Gasteiger partial charge in [-0.25, -0.2) is 4.98 Å². The molecule has 1 aromatic heterocycles. The summed E-state index contributed by atoms with van der Waals surface area (Å²) in [4.78, 5) is 6.70. The largest absolute Gasteiger partial charge is 0.391 e. The number of nitriles is 2. The second-order valence-corrected chi connectivity index (χ2v) is 7.94. The number of rotatable bonds is 5. The molecule has 3 rings (SSSR count). The highest BCUT2D eigenvalue weighted by Crippen LogP contribution is 2.39. The first-order valence-corrected chi connectivity index (χ1v) is 9.98. The van der Waals surface area contributed by atoms with Gasteiger partial charge in [-0.1, -0.05) is 49.0 Å². The van der Waals surface area contributed by atoms with Crippen molar-refractivity contribution in [2.45, 2.75) is 43.1 Å². The Morgan fingerprint density at radius 3 is 2.52 bits per heavy atom. The molecule has 2 heterocycles. The third-order valence-electron chi connectivity index (χ3n) is 4.85. The lowest BCUT2D eigenvalue weighted by atomic mass is 10.0. The van der Waals surface area contributed by atoms with Crippen molar-refractivity contribution in [2.24, 2.45) is 0 Å². The summed E-state index contributed by atoms with van der Waals surface area (Å²) in [5.41, 5.74) is 2.85. The number of hydrogen-bond donors (Lipinski definition) is 1. The number of aliphatic hydroxyl groups is 1. The number of aliphatic hydroxyl groups excluding tert-OH is 1. The third-order valence-corrected chi connectivity index (χ3v) is 5.99. The highest BCUT2D eigenvalue weighted by Gasteiger charge is 2.28. The van der Waals surface area contributed by atoms with Gasteiger partial charge in [0.1, 0.15) is 23.0 Å². The van der Waals surface area contributed by atoms with Crippen molar-refractivity contribution in [3.05, 3.63) is 52.6 Å². The molecule has 0 spiro atoms. The van der Waals surface area contributed by atoms with Crippen LogP contribution in [0.25, 0.3) is 0 Å². The van der Waals surface area contributed by atoms with Crippen LogP contribution in [0.4, 0.5) is 5.82 Å². The summed E-state index contributed by atoms with van der Waals surface area (Å²) in [5.74, 6) is 0.590. The second kappa shape index (κ2) is 8.43. The number of anilines is 1. The van der Waals surface area contributed by atoms with Gasteiger partial charge in [0.05, 0.1) is 17.2 Å². The van der Waals surface area contributed by atoms with Crippen molar-refractivity contribution in [3.8, 4) is 12.1 Å². The quantitative estimate of drug-likeness (QED) is 0.797. The number of thioether (sulfide) groups is 1. The summed E-state index contributed by atoms with van der Waals surface area (Å²) in [5, 5.41) is 30.2. The molecule has 1 N–H and O–H groups in total. The number of hydrogen-bond acceptors (Lipinski definition) is 6. The van der Waals surface area contributed by atoms with Gasteiger partial charge in [0.15, 0.2) is 0 Å². The maximum Gasteiger partial charge on any atom is 0.148 e. The van der Waals surface area contributed by atoms with Gasteiger partial charge in [-0.3, -0.25) is 0 Å². The predicted octanol–water partition coefficient (Wildman–Crippen LogP) is 3.81. The predicted molar refractivity (Wildman–Crippen MR) is 107 cm³/mol. The van der Waals surface area contributed by atoms with Crippen LogP contribution in [0.5, 0.6) is 0 Å². The van der Waals surface area contributed by atoms with Crippen LogP contribution in [0, 0.1) is 22.7 Å². The van der Waals surface area contributed by atoms with E-state index in [1.807, 2.05) is 30.0 Å². The fourth-order valence-corrected chi connectivity index (χ4v) is 4.45. The highest BCUT2D eigenvalue weighted by molar-refractivity contribution is 7.99. The number of pyridine rings is 1. The van der Waals surface area contributed by atoms with E-state index in [-0.39, 0.29) is 5.25 Å². The number of nitrogens with zero attached hydrogens (tertiary/aromatic N) is 4. The summed E-state index contributed by atoms with van der Waals surface area (Å²) in [6, 6.07) is 14.6. The summed E-state index contributed by atoms with van der Waals surface area (Å²) < 4.78 is 0. The van der Waals surface area contributed by atoms with Gasteiger partial charge >= 0.3 is 0 Å². The Morgan fingerprint density at radius 1 is 1.26 bits per heavy atom. The normalized spacial score (nSPS) is 17.4. The van der Waals surface area contributed by atoms with Crippen LogP contribution in [0.15, 0.2) is 35.4 Å². The van der Waals surface area contributed by atoms with E-state index in [4.69, 9.17) is 4.98 Å². The van der Waals surface area contributed by atoms with Gasteiger partial charge in [-0.2, -0.15) is 10.5 Å². The second-order valence-electron chi connectivity index (χ2n) is 6.61. The molecular weight excluding hydrogens is 356 g/mol. The molecule has 138 valence electrons. The number of β-amino-alcohol motifs (C(OH)–C–C–N with tert-alkyl or cyclic N) is 1. The first-order chi connectivity index (χ1) is 13.1. The maximum absolute atomic E-state index is 9.91. The van der Waals surface area contributed by atoms with Crippen molar-refractivity contribution in [1.82, 2.24) is 4.98 Å². The van der Waals surface area contributed by atoms with Crippen molar-refractivity contribution >= 4 is 17.6 Å². The van der Waals surface area contributed by atoms with Crippen LogP contribution in [-0.4, -0.2) is 29.3 Å². The van der Waals surface area contributed by atoms with E-state index in [1.165, 1.54) is 11.8 Å². The fraction of sp³-hybridized carbons (Fsp3) is 0.381. The van der Waals surface area contributed by atoms with Crippen LogP contribution in [0.2, 0.25) is 0 Å². The minimum atomic E-state index is -0.404. The van der Waals surface area contributed by atoms with Crippen LogP contribution in [-0.2, 0) is 6.42 Å². The fourth-order valence-electron chi connectivity index (χ4n) is 3.39. The van der Waals surface area contributed by atoms with Crippen LogP contribution in [0.3, 0.4) is 0 Å². The lowest BCUT2D eigenvalue weighted by molar-refractivity contribution is 0.198.